The molecule has 2 aliphatic heterocycles. The molecule has 0 aromatic heterocycles. The highest BCUT2D eigenvalue weighted by molar-refractivity contribution is 8.00. The van der Waals surface area contributed by atoms with Crippen molar-refractivity contribution in [1.82, 2.24) is 10.2 Å². The summed E-state index contributed by atoms with van der Waals surface area (Å²) in [5, 5.41) is 12.4. The molecule has 4 atom stereocenters. The van der Waals surface area contributed by atoms with E-state index in [1.165, 1.54) is 11.1 Å². The van der Waals surface area contributed by atoms with Crippen LogP contribution in [0.3, 0.4) is 0 Å². The van der Waals surface area contributed by atoms with E-state index in [0.29, 0.717) is 12.4 Å². The number of aryl methyl sites for hydroxylation is 1. The van der Waals surface area contributed by atoms with Crippen molar-refractivity contribution in [3.05, 3.63) is 35.4 Å². The molecule has 2 heterocycles. The number of amides is 1. The number of carbonyl (C=O) groups is 2. The number of aliphatic hydroxyl groups excluding tert-OH is 1. The molecule has 1 aromatic rings. The molecular formula is C20H26N2O3S. The van der Waals surface area contributed by atoms with Gasteiger partial charge in [-0.3, -0.25) is 9.59 Å². The number of Topliss-reactive ketones (excluding diaryl/α,β-unsaturated/α-hetero) is 1. The fourth-order valence-corrected chi connectivity index (χ4v) is 5.79. The van der Waals surface area contributed by atoms with Crippen molar-refractivity contribution < 1.29 is 14.7 Å². The second kappa shape index (κ2) is 7.71. The van der Waals surface area contributed by atoms with Crippen molar-refractivity contribution in [3.63, 3.8) is 0 Å². The third-order valence-corrected chi connectivity index (χ3v) is 7.26. The molecule has 0 saturated carbocycles. The molecule has 0 bridgehead atoms. The number of carbonyl (C=O) groups excluding carboxylic acids is 2. The largest absolute Gasteiger partial charge is 0.395 e. The van der Waals surface area contributed by atoms with Crippen molar-refractivity contribution in [2.75, 3.05) is 19.0 Å². The highest BCUT2D eigenvalue weighted by atomic mass is 32.2. The highest BCUT2D eigenvalue weighted by Crippen LogP contribution is 2.32. The Balaban J connectivity index is 1.46. The predicted molar refractivity (Wildman–Crippen MR) is 102 cm³/mol. The Hall–Kier alpha value is -1.37. The number of hydrogen-bond acceptors (Lipinski definition) is 5. The van der Waals surface area contributed by atoms with Gasteiger partial charge in [0.25, 0.3) is 0 Å². The van der Waals surface area contributed by atoms with Gasteiger partial charge in [-0.15, -0.1) is 11.8 Å². The predicted octanol–water partition coefficient (Wildman–Crippen LogP) is 1.37. The zero-order chi connectivity index (χ0) is 18.1. The lowest BCUT2D eigenvalue weighted by atomic mass is 9.83. The Morgan fingerprint density at radius 1 is 1.23 bits per heavy atom. The van der Waals surface area contributed by atoms with Gasteiger partial charge >= 0.3 is 0 Å². The summed E-state index contributed by atoms with van der Waals surface area (Å²) in [5.41, 5.74) is 2.62. The average Bonchev–Trinajstić information content (AvgIpc) is 3.35. The molecule has 0 radical (unpaired) electrons. The topological polar surface area (TPSA) is 69.6 Å². The minimum Gasteiger partial charge on any atom is -0.395 e. The van der Waals surface area contributed by atoms with E-state index in [1.54, 1.807) is 11.8 Å². The van der Waals surface area contributed by atoms with E-state index in [-0.39, 0.29) is 41.5 Å². The van der Waals surface area contributed by atoms with Crippen molar-refractivity contribution >= 4 is 23.5 Å². The first-order valence-corrected chi connectivity index (χ1v) is 10.6. The number of aliphatic hydroxyl groups is 1. The maximum Gasteiger partial charge on any atom is 0.226 e. The van der Waals surface area contributed by atoms with Crippen LogP contribution >= 0.6 is 11.8 Å². The summed E-state index contributed by atoms with van der Waals surface area (Å²) in [7, 11) is 0. The van der Waals surface area contributed by atoms with Crippen LogP contribution in [0.4, 0.5) is 0 Å². The van der Waals surface area contributed by atoms with E-state index in [0.717, 1.165) is 32.1 Å². The van der Waals surface area contributed by atoms with Crippen LogP contribution in [0.25, 0.3) is 0 Å². The molecule has 5 nitrogen and oxygen atoms in total. The molecule has 4 rings (SSSR count). The molecule has 1 amide bonds. The molecule has 6 heteroatoms. The van der Waals surface area contributed by atoms with Crippen LogP contribution in [0, 0.1) is 5.92 Å². The van der Waals surface area contributed by atoms with Gasteiger partial charge in [0, 0.05) is 24.4 Å². The third kappa shape index (κ3) is 3.30. The fourth-order valence-electron chi connectivity index (χ4n) is 4.57. The molecule has 1 unspecified atom stereocenters. The van der Waals surface area contributed by atoms with Crippen molar-refractivity contribution in [3.8, 4) is 0 Å². The number of thioether (sulfide) groups is 1. The maximum absolute atomic E-state index is 13.2. The molecule has 1 aromatic carbocycles. The fraction of sp³-hybridized carbons (Fsp3) is 0.600. The van der Waals surface area contributed by atoms with Gasteiger partial charge in [0.05, 0.1) is 17.9 Å². The Kier molecular flexibility index (Phi) is 5.34. The lowest BCUT2D eigenvalue weighted by Crippen LogP contribution is -2.50. The van der Waals surface area contributed by atoms with Gasteiger partial charge in [-0.25, -0.2) is 0 Å². The SMILES string of the molecule is O=C(C1SCN[C@@H]1CO)[C@@H]1CCCN1C(=O)[C@@H]1CCc2ccccc2C1. The van der Waals surface area contributed by atoms with Crippen LogP contribution in [0.1, 0.15) is 30.4 Å². The lowest BCUT2D eigenvalue weighted by Gasteiger charge is -2.32. The van der Waals surface area contributed by atoms with E-state index in [4.69, 9.17) is 0 Å². The molecule has 2 N–H and O–H groups in total. The second-order valence-electron chi connectivity index (χ2n) is 7.53. The summed E-state index contributed by atoms with van der Waals surface area (Å²) in [4.78, 5) is 28.1. The normalized spacial score (nSPS) is 31.0. The van der Waals surface area contributed by atoms with Crippen LogP contribution in [0.15, 0.2) is 24.3 Å². The first-order valence-electron chi connectivity index (χ1n) is 9.56. The number of benzene rings is 1. The molecule has 26 heavy (non-hydrogen) atoms. The minimum atomic E-state index is -0.314. The number of hydrogen-bond donors (Lipinski definition) is 2. The number of nitrogens with one attached hydrogen (secondary N) is 1. The van der Waals surface area contributed by atoms with E-state index >= 15 is 0 Å². The zero-order valence-electron chi connectivity index (χ0n) is 14.9. The number of likely N-dealkylation sites (tertiary alicyclic amines) is 1. The van der Waals surface area contributed by atoms with Gasteiger partial charge in [-0.1, -0.05) is 24.3 Å². The quantitative estimate of drug-likeness (QED) is 0.833. The van der Waals surface area contributed by atoms with Crippen LogP contribution in [-0.4, -0.2) is 58.1 Å². The first kappa shape index (κ1) is 18.0. The molecule has 0 spiro atoms. The van der Waals surface area contributed by atoms with Gasteiger partial charge in [0.1, 0.15) is 0 Å². The molecule has 3 aliphatic rings. The van der Waals surface area contributed by atoms with Gasteiger partial charge in [0.15, 0.2) is 5.78 Å². The van der Waals surface area contributed by atoms with Crippen LogP contribution in [0.5, 0.6) is 0 Å². The maximum atomic E-state index is 13.2. The van der Waals surface area contributed by atoms with E-state index in [1.807, 2.05) is 11.0 Å². The molecule has 2 fully saturated rings. The standard InChI is InChI=1S/C20H26N2O3S/c23-11-16-19(26-12-21-16)18(24)17-6-3-9-22(17)20(25)15-8-7-13-4-1-2-5-14(13)10-15/h1-2,4-5,15-17,19,21,23H,3,6-12H2/t15-,16-,17+,19?/m1/s1. The van der Waals surface area contributed by atoms with E-state index in [2.05, 4.69) is 23.5 Å². The van der Waals surface area contributed by atoms with Gasteiger partial charge in [-0.05, 0) is 43.2 Å². The van der Waals surface area contributed by atoms with Crippen LogP contribution < -0.4 is 5.32 Å². The van der Waals surface area contributed by atoms with Crippen molar-refractivity contribution in [2.45, 2.75) is 49.4 Å². The lowest BCUT2D eigenvalue weighted by molar-refractivity contribution is -0.141. The first-order chi connectivity index (χ1) is 12.7. The number of rotatable bonds is 4. The Morgan fingerprint density at radius 2 is 2.04 bits per heavy atom. The summed E-state index contributed by atoms with van der Waals surface area (Å²) in [6.07, 6.45) is 4.23. The summed E-state index contributed by atoms with van der Waals surface area (Å²) in [6.45, 7) is 0.644. The van der Waals surface area contributed by atoms with Crippen LogP contribution in [0.2, 0.25) is 0 Å². The Morgan fingerprint density at radius 3 is 2.85 bits per heavy atom. The van der Waals surface area contributed by atoms with E-state index in [9.17, 15) is 14.7 Å². The smallest absolute Gasteiger partial charge is 0.226 e. The Bertz CT molecular complexity index is 695. The van der Waals surface area contributed by atoms with Crippen LogP contribution in [-0.2, 0) is 22.4 Å². The average molecular weight is 375 g/mol. The molecule has 1 aliphatic carbocycles. The number of fused-ring (bicyclic) bond motifs is 1. The number of nitrogens with zero attached hydrogens (tertiary/aromatic N) is 1. The molecule has 2 saturated heterocycles. The van der Waals surface area contributed by atoms with E-state index < -0.39 is 0 Å². The summed E-state index contributed by atoms with van der Waals surface area (Å²) >= 11 is 1.55. The molecule has 140 valence electrons. The van der Waals surface area contributed by atoms with Gasteiger partial charge in [0.2, 0.25) is 5.91 Å². The summed E-state index contributed by atoms with van der Waals surface area (Å²) < 4.78 is 0. The number of ketones is 1. The second-order valence-corrected chi connectivity index (χ2v) is 8.66. The zero-order valence-corrected chi connectivity index (χ0v) is 15.7. The van der Waals surface area contributed by atoms with Gasteiger partial charge in [-0.2, -0.15) is 0 Å². The molecular weight excluding hydrogens is 348 g/mol. The van der Waals surface area contributed by atoms with Crippen molar-refractivity contribution in [2.24, 2.45) is 5.92 Å². The van der Waals surface area contributed by atoms with Crippen molar-refractivity contribution in [1.29, 1.82) is 0 Å². The monoisotopic (exact) mass is 374 g/mol. The Labute approximate surface area is 158 Å². The highest BCUT2D eigenvalue weighted by Gasteiger charge is 2.43. The summed E-state index contributed by atoms with van der Waals surface area (Å²) in [5.74, 6) is 0.927. The summed E-state index contributed by atoms with van der Waals surface area (Å²) in [6, 6.07) is 7.86. The van der Waals surface area contributed by atoms with Gasteiger partial charge < -0.3 is 15.3 Å². The third-order valence-electron chi connectivity index (χ3n) is 6.01. The minimum absolute atomic E-state index is 0.0127.